The maximum absolute atomic E-state index is 5.76. The number of benzene rings is 1. The van der Waals surface area contributed by atoms with Crippen molar-refractivity contribution in [2.24, 2.45) is 0 Å². The van der Waals surface area contributed by atoms with Gasteiger partial charge in [-0.3, -0.25) is 4.90 Å². The number of nitrogens with zero attached hydrogens (tertiary/aromatic N) is 1. The molecule has 0 amide bonds. The Morgan fingerprint density at radius 3 is 2.50 bits per heavy atom. The van der Waals surface area contributed by atoms with Crippen molar-refractivity contribution in [1.29, 1.82) is 0 Å². The molecule has 1 unspecified atom stereocenters. The molecule has 1 atom stereocenters. The predicted octanol–water partition coefficient (Wildman–Crippen LogP) is 2.84. The molecular formula is C17H28N2O. The zero-order valence-corrected chi connectivity index (χ0v) is 12.8. The summed E-state index contributed by atoms with van der Waals surface area (Å²) in [5, 5.41) is 3.51. The van der Waals surface area contributed by atoms with Crippen LogP contribution in [0.5, 0.6) is 0 Å². The number of piperidine rings is 1. The van der Waals surface area contributed by atoms with Crippen LogP contribution < -0.4 is 5.32 Å². The molecule has 0 aromatic heterocycles. The molecule has 0 spiro atoms. The average Bonchev–Trinajstić information content (AvgIpc) is 2.51. The number of rotatable bonds is 7. The normalized spacial score (nSPS) is 19.1. The van der Waals surface area contributed by atoms with Crippen LogP contribution in [-0.2, 0) is 4.74 Å². The van der Waals surface area contributed by atoms with Crippen LogP contribution in [0.25, 0.3) is 0 Å². The van der Waals surface area contributed by atoms with E-state index < -0.39 is 0 Å². The van der Waals surface area contributed by atoms with Gasteiger partial charge >= 0.3 is 0 Å². The van der Waals surface area contributed by atoms with Crippen LogP contribution >= 0.6 is 0 Å². The highest BCUT2D eigenvalue weighted by Gasteiger charge is 2.25. The van der Waals surface area contributed by atoms with E-state index in [1.807, 2.05) is 0 Å². The Balaban J connectivity index is 1.97. The Kier molecular flexibility index (Phi) is 6.51. The van der Waals surface area contributed by atoms with Gasteiger partial charge in [0.1, 0.15) is 0 Å². The van der Waals surface area contributed by atoms with Crippen LogP contribution in [0.1, 0.15) is 38.3 Å². The van der Waals surface area contributed by atoms with E-state index in [0.717, 1.165) is 45.6 Å². The maximum Gasteiger partial charge on any atom is 0.0599 e. The van der Waals surface area contributed by atoms with Gasteiger partial charge in [-0.25, -0.2) is 0 Å². The third-order valence-electron chi connectivity index (χ3n) is 4.09. The molecule has 1 aliphatic rings. The summed E-state index contributed by atoms with van der Waals surface area (Å²) in [5.74, 6) is 0. The first-order valence-electron chi connectivity index (χ1n) is 7.96. The number of likely N-dealkylation sites (N-methyl/N-ethyl adjacent to an activating group) is 1. The summed E-state index contributed by atoms with van der Waals surface area (Å²) in [6.45, 7) is 9.42. The SMILES string of the molecule is CCNCC(c1ccccc1)N1CCC(OCC)CC1. The minimum Gasteiger partial charge on any atom is -0.378 e. The molecule has 1 aliphatic heterocycles. The number of ether oxygens (including phenoxy) is 1. The first-order chi connectivity index (χ1) is 9.85. The molecule has 3 nitrogen and oxygen atoms in total. The molecule has 3 heteroatoms. The largest absolute Gasteiger partial charge is 0.378 e. The summed E-state index contributed by atoms with van der Waals surface area (Å²) in [7, 11) is 0. The highest BCUT2D eigenvalue weighted by molar-refractivity contribution is 5.19. The fourth-order valence-corrected chi connectivity index (χ4v) is 3.00. The zero-order chi connectivity index (χ0) is 14.2. The van der Waals surface area contributed by atoms with Crippen molar-refractivity contribution in [2.75, 3.05) is 32.8 Å². The Morgan fingerprint density at radius 1 is 1.20 bits per heavy atom. The molecule has 1 saturated heterocycles. The molecular weight excluding hydrogens is 248 g/mol. The van der Waals surface area contributed by atoms with Gasteiger partial charge in [0.2, 0.25) is 0 Å². The molecule has 1 N–H and O–H groups in total. The smallest absolute Gasteiger partial charge is 0.0599 e. The van der Waals surface area contributed by atoms with Crippen molar-refractivity contribution in [2.45, 2.75) is 38.8 Å². The standard InChI is InChI=1S/C17H28N2O/c1-3-18-14-17(15-8-6-5-7-9-15)19-12-10-16(11-13-19)20-4-2/h5-9,16-18H,3-4,10-14H2,1-2H3. The second kappa shape index (κ2) is 8.40. The molecule has 20 heavy (non-hydrogen) atoms. The molecule has 0 aliphatic carbocycles. The van der Waals surface area contributed by atoms with Crippen molar-refractivity contribution in [3.05, 3.63) is 35.9 Å². The van der Waals surface area contributed by atoms with Gasteiger partial charge in [-0.05, 0) is 31.9 Å². The second-order valence-electron chi connectivity index (χ2n) is 5.42. The van der Waals surface area contributed by atoms with E-state index in [2.05, 4.69) is 54.4 Å². The van der Waals surface area contributed by atoms with Gasteiger partial charge in [0.25, 0.3) is 0 Å². The Morgan fingerprint density at radius 2 is 1.90 bits per heavy atom. The summed E-state index contributed by atoms with van der Waals surface area (Å²) < 4.78 is 5.76. The summed E-state index contributed by atoms with van der Waals surface area (Å²) in [5.41, 5.74) is 1.42. The lowest BCUT2D eigenvalue weighted by atomic mass is 10.0. The van der Waals surface area contributed by atoms with Crippen molar-refractivity contribution in [3.63, 3.8) is 0 Å². The van der Waals surface area contributed by atoms with Gasteiger partial charge in [0.15, 0.2) is 0 Å². The Hall–Kier alpha value is -0.900. The summed E-state index contributed by atoms with van der Waals surface area (Å²) in [4.78, 5) is 2.60. The quantitative estimate of drug-likeness (QED) is 0.829. The van der Waals surface area contributed by atoms with Crippen LogP contribution in [0, 0.1) is 0 Å². The van der Waals surface area contributed by atoms with Gasteiger partial charge in [0.05, 0.1) is 6.10 Å². The maximum atomic E-state index is 5.76. The van der Waals surface area contributed by atoms with Crippen molar-refractivity contribution in [1.82, 2.24) is 10.2 Å². The average molecular weight is 276 g/mol. The Labute approximate surface area is 123 Å². The number of likely N-dealkylation sites (tertiary alicyclic amines) is 1. The molecule has 1 aromatic carbocycles. The van der Waals surface area contributed by atoms with Gasteiger partial charge in [0, 0.05) is 32.3 Å². The van der Waals surface area contributed by atoms with Gasteiger partial charge in [-0.2, -0.15) is 0 Å². The van der Waals surface area contributed by atoms with Crippen LogP contribution in [0.3, 0.4) is 0 Å². The minimum absolute atomic E-state index is 0.465. The van der Waals surface area contributed by atoms with E-state index in [9.17, 15) is 0 Å². The van der Waals surface area contributed by atoms with E-state index in [4.69, 9.17) is 4.74 Å². The minimum atomic E-state index is 0.465. The first kappa shape index (κ1) is 15.5. The van der Waals surface area contributed by atoms with Crippen molar-refractivity contribution < 1.29 is 4.74 Å². The summed E-state index contributed by atoms with van der Waals surface area (Å²) in [6, 6.07) is 11.4. The molecule has 1 heterocycles. The second-order valence-corrected chi connectivity index (χ2v) is 5.42. The lowest BCUT2D eigenvalue weighted by Crippen LogP contribution is -2.42. The topological polar surface area (TPSA) is 24.5 Å². The number of nitrogens with one attached hydrogen (secondary N) is 1. The zero-order valence-electron chi connectivity index (χ0n) is 12.8. The van der Waals surface area contributed by atoms with E-state index in [0.29, 0.717) is 12.1 Å². The predicted molar refractivity (Wildman–Crippen MR) is 83.9 cm³/mol. The van der Waals surface area contributed by atoms with E-state index in [-0.39, 0.29) is 0 Å². The van der Waals surface area contributed by atoms with Crippen LogP contribution in [-0.4, -0.2) is 43.8 Å². The third-order valence-corrected chi connectivity index (χ3v) is 4.09. The van der Waals surface area contributed by atoms with Crippen LogP contribution in [0.2, 0.25) is 0 Å². The lowest BCUT2D eigenvalue weighted by Gasteiger charge is -2.37. The monoisotopic (exact) mass is 276 g/mol. The van der Waals surface area contributed by atoms with Gasteiger partial charge < -0.3 is 10.1 Å². The highest BCUT2D eigenvalue weighted by Crippen LogP contribution is 2.25. The molecule has 0 radical (unpaired) electrons. The van der Waals surface area contributed by atoms with Crippen molar-refractivity contribution in [3.8, 4) is 0 Å². The molecule has 2 rings (SSSR count). The fraction of sp³-hybridized carbons (Fsp3) is 0.647. The third kappa shape index (κ3) is 4.30. The molecule has 112 valence electrons. The van der Waals surface area contributed by atoms with Crippen LogP contribution in [0.15, 0.2) is 30.3 Å². The van der Waals surface area contributed by atoms with Crippen LogP contribution in [0.4, 0.5) is 0 Å². The van der Waals surface area contributed by atoms with E-state index in [1.165, 1.54) is 5.56 Å². The number of hydrogen-bond donors (Lipinski definition) is 1. The molecule has 1 fully saturated rings. The highest BCUT2D eigenvalue weighted by atomic mass is 16.5. The first-order valence-corrected chi connectivity index (χ1v) is 7.96. The van der Waals surface area contributed by atoms with Crippen molar-refractivity contribution >= 4 is 0 Å². The lowest BCUT2D eigenvalue weighted by molar-refractivity contribution is 0.00369. The summed E-state index contributed by atoms with van der Waals surface area (Å²) >= 11 is 0. The van der Waals surface area contributed by atoms with Gasteiger partial charge in [-0.15, -0.1) is 0 Å². The number of hydrogen-bond acceptors (Lipinski definition) is 3. The fourth-order valence-electron chi connectivity index (χ4n) is 3.00. The summed E-state index contributed by atoms with van der Waals surface area (Å²) in [6.07, 6.45) is 2.78. The Bertz CT molecular complexity index is 361. The van der Waals surface area contributed by atoms with Gasteiger partial charge in [-0.1, -0.05) is 37.3 Å². The molecule has 0 bridgehead atoms. The molecule has 0 saturated carbocycles. The molecule has 1 aromatic rings. The van der Waals surface area contributed by atoms with E-state index >= 15 is 0 Å². The van der Waals surface area contributed by atoms with E-state index in [1.54, 1.807) is 0 Å².